The number of carbonyl (C=O) groups excluding carboxylic acids is 1. The molecule has 3 rings (SSSR count). The second kappa shape index (κ2) is 6.10. The summed E-state index contributed by atoms with van der Waals surface area (Å²) in [7, 11) is 0. The Morgan fingerprint density at radius 1 is 1.36 bits per heavy atom. The minimum atomic E-state index is -0.963. The van der Waals surface area contributed by atoms with Crippen LogP contribution in [0.1, 0.15) is 35.2 Å². The molecule has 5 nitrogen and oxygen atoms in total. The Labute approximate surface area is 129 Å². The highest BCUT2D eigenvalue weighted by molar-refractivity contribution is 5.88. The van der Waals surface area contributed by atoms with Crippen molar-refractivity contribution >= 4 is 12.0 Å². The number of carbonyl (C=O) groups is 2. The molecule has 0 radical (unpaired) electrons. The summed E-state index contributed by atoms with van der Waals surface area (Å²) >= 11 is 0. The fourth-order valence-electron chi connectivity index (χ4n) is 3.06. The van der Waals surface area contributed by atoms with E-state index in [9.17, 15) is 9.59 Å². The number of rotatable bonds is 2. The molecule has 1 aromatic carbocycles. The molecule has 114 valence electrons. The van der Waals surface area contributed by atoms with Crippen LogP contribution in [0.25, 0.3) is 0 Å². The van der Waals surface area contributed by atoms with E-state index in [0.29, 0.717) is 18.2 Å². The summed E-state index contributed by atoms with van der Waals surface area (Å²) in [4.78, 5) is 26.9. The Kier molecular flexibility index (Phi) is 4.01. The molecule has 2 heterocycles. The van der Waals surface area contributed by atoms with Gasteiger partial charge in [0, 0.05) is 18.7 Å². The van der Waals surface area contributed by atoms with E-state index in [0.717, 1.165) is 25.9 Å². The molecule has 2 fully saturated rings. The zero-order chi connectivity index (χ0) is 15.5. The third kappa shape index (κ3) is 2.91. The first kappa shape index (κ1) is 14.5. The van der Waals surface area contributed by atoms with Crippen molar-refractivity contribution in [3.05, 3.63) is 35.4 Å². The lowest BCUT2D eigenvalue weighted by atomic mass is 10.0. The molecule has 0 aromatic heterocycles. The number of piperidine rings is 1. The molecule has 2 saturated heterocycles. The van der Waals surface area contributed by atoms with Gasteiger partial charge in [-0.3, -0.25) is 0 Å². The normalized spacial score (nSPS) is 20.4. The van der Waals surface area contributed by atoms with Crippen LogP contribution in [0.3, 0.4) is 0 Å². The first-order valence-electron chi connectivity index (χ1n) is 7.53. The van der Waals surface area contributed by atoms with Crippen LogP contribution in [0, 0.1) is 11.8 Å². The summed E-state index contributed by atoms with van der Waals surface area (Å²) < 4.78 is 0. The van der Waals surface area contributed by atoms with Crippen LogP contribution in [0.5, 0.6) is 0 Å². The van der Waals surface area contributed by atoms with Crippen LogP contribution in [0.4, 0.5) is 4.79 Å². The van der Waals surface area contributed by atoms with Crippen LogP contribution in [0.2, 0.25) is 0 Å². The third-order valence-corrected chi connectivity index (χ3v) is 4.19. The van der Waals surface area contributed by atoms with Gasteiger partial charge in [0.15, 0.2) is 0 Å². The maximum atomic E-state index is 12.2. The highest BCUT2D eigenvalue weighted by Gasteiger charge is 2.37. The van der Waals surface area contributed by atoms with Gasteiger partial charge in [-0.05, 0) is 37.5 Å². The lowest BCUT2D eigenvalue weighted by Gasteiger charge is -2.27. The van der Waals surface area contributed by atoms with Gasteiger partial charge in [-0.1, -0.05) is 17.9 Å². The van der Waals surface area contributed by atoms with Crippen molar-refractivity contribution in [2.45, 2.75) is 25.3 Å². The summed E-state index contributed by atoms with van der Waals surface area (Å²) in [5.74, 6) is 4.97. The molecular weight excluding hydrogens is 280 g/mol. The molecule has 0 unspecified atom stereocenters. The zero-order valence-electron chi connectivity index (χ0n) is 12.3. The average molecular weight is 298 g/mol. The van der Waals surface area contributed by atoms with Crippen molar-refractivity contribution in [1.29, 1.82) is 0 Å². The molecule has 0 spiro atoms. The number of amides is 2. The molecule has 2 aliphatic rings. The van der Waals surface area contributed by atoms with Gasteiger partial charge in [0.2, 0.25) is 0 Å². The van der Waals surface area contributed by atoms with Crippen LogP contribution in [0.15, 0.2) is 24.3 Å². The van der Waals surface area contributed by atoms with Gasteiger partial charge in [0.25, 0.3) is 0 Å². The fraction of sp³-hybridized carbons (Fsp3) is 0.412. The molecule has 5 heteroatoms. The van der Waals surface area contributed by atoms with Crippen LogP contribution in [-0.2, 0) is 0 Å². The van der Waals surface area contributed by atoms with E-state index in [1.807, 2.05) is 4.90 Å². The Morgan fingerprint density at radius 3 is 3.00 bits per heavy atom. The van der Waals surface area contributed by atoms with E-state index in [-0.39, 0.29) is 11.6 Å². The van der Waals surface area contributed by atoms with Crippen molar-refractivity contribution < 1.29 is 14.7 Å². The quantitative estimate of drug-likeness (QED) is 0.850. The second-order valence-electron chi connectivity index (χ2n) is 5.69. The number of carboxylic acids is 1. The second-order valence-corrected chi connectivity index (χ2v) is 5.69. The number of benzene rings is 1. The Balaban J connectivity index is 1.65. The van der Waals surface area contributed by atoms with Crippen LogP contribution in [-0.4, -0.2) is 52.6 Å². The van der Waals surface area contributed by atoms with Gasteiger partial charge < -0.3 is 14.9 Å². The van der Waals surface area contributed by atoms with Gasteiger partial charge in [-0.15, -0.1) is 0 Å². The predicted molar refractivity (Wildman–Crippen MR) is 81.6 cm³/mol. The predicted octanol–water partition coefficient (Wildman–Crippen LogP) is 2.03. The molecule has 0 bridgehead atoms. The van der Waals surface area contributed by atoms with E-state index in [4.69, 9.17) is 5.11 Å². The standard InChI is InChI=1S/C17H18N2O3/c20-16(21)14-7-3-5-13(11-14)6-4-9-18-12-15-8-1-2-10-19(15)17(18)22/h3,5,7,11,15H,1-2,8-10,12H2,(H,20,21)/t15-/m0/s1. The van der Waals surface area contributed by atoms with E-state index in [1.54, 1.807) is 23.1 Å². The van der Waals surface area contributed by atoms with Crippen molar-refractivity contribution in [3.63, 3.8) is 0 Å². The van der Waals surface area contributed by atoms with Gasteiger partial charge in [0.1, 0.15) is 0 Å². The minimum absolute atomic E-state index is 0.0817. The van der Waals surface area contributed by atoms with Crippen molar-refractivity contribution in [1.82, 2.24) is 9.80 Å². The number of nitrogens with zero attached hydrogens (tertiary/aromatic N) is 2. The van der Waals surface area contributed by atoms with E-state index in [2.05, 4.69) is 11.8 Å². The Morgan fingerprint density at radius 2 is 2.23 bits per heavy atom. The molecule has 1 atom stereocenters. The summed E-state index contributed by atoms with van der Waals surface area (Å²) in [6.45, 7) is 2.00. The lowest BCUT2D eigenvalue weighted by molar-refractivity contribution is 0.0697. The van der Waals surface area contributed by atoms with E-state index >= 15 is 0 Å². The smallest absolute Gasteiger partial charge is 0.335 e. The molecule has 0 saturated carbocycles. The lowest BCUT2D eigenvalue weighted by Crippen LogP contribution is -2.38. The third-order valence-electron chi connectivity index (χ3n) is 4.19. The first-order chi connectivity index (χ1) is 10.6. The minimum Gasteiger partial charge on any atom is -0.478 e. The van der Waals surface area contributed by atoms with E-state index in [1.165, 1.54) is 12.5 Å². The number of carboxylic acid groups (broad SMARTS) is 1. The number of urea groups is 1. The summed E-state index contributed by atoms with van der Waals surface area (Å²) in [5, 5.41) is 8.95. The molecule has 1 N–H and O–H groups in total. The molecule has 2 amide bonds. The SMILES string of the molecule is O=C(O)c1cccc(C#CCN2C[C@@H]3CCCCN3C2=O)c1. The molecule has 0 aliphatic carbocycles. The van der Waals surface area contributed by atoms with Crippen LogP contribution < -0.4 is 0 Å². The maximum absolute atomic E-state index is 12.2. The van der Waals surface area contributed by atoms with Gasteiger partial charge >= 0.3 is 12.0 Å². The highest BCUT2D eigenvalue weighted by atomic mass is 16.4. The van der Waals surface area contributed by atoms with Crippen molar-refractivity contribution in [2.24, 2.45) is 0 Å². The first-order valence-corrected chi connectivity index (χ1v) is 7.53. The monoisotopic (exact) mass is 298 g/mol. The number of hydrogen-bond acceptors (Lipinski definition) is 2. The summed E-state index contributed by atoms with van der Waals surface area (Å²) in [6.07, 6.45) is 3.36. The fourth-order valence-corrected chi connectivity index (χ4v) is 3.06. The molecule has 2 aliphatic heterocycles. The largest absolute Gasteiger partial charge is 0.478 e. The van der Waals surface area contributed by atoms with Gasteiger partial charge in [0.05, 0.1) is 18.2 Å². The summed E-state index contributed by atoms with van der Waals surface area (Å²) in [5.41, 5.74) is 0.880. The zero-order valence-corrected chi connectivity index (χ0v) is 12.3. The topological polar surface area (TPSA) is 60.9 Å². The maximum Gasteiger partial charge on any atom is 0.335 e. The summed E-state index contributed by atoms with van der Waals surface area (Å²) in [6, 6.07) is 6.96. The van der Waals surface area contributed by atoms with Crippen LogP contribution >= 0.6 is 0 Å². The molecule has 1 aromatic rings. The van der Waals surface area contributed by atoms with Crippen molar-refractivity contribution in [3.8, 4) is 11.8 Å². The molecule has 22 heavy (non-hydrogen) atoms. The van der Waals surface area contributed by atoms with Crippen molar-refractivity contribution in [2.75, 3.05) is 19.6 Å². The number of fused-ring (bicyclic) bond motifs is 1. The Hall–Kier alpha value is -2.48. The molecular formula is C17H18N2O3. The van der Waals surface area contributed by atoms with E-state index < -0.39 is 5.97 Å². The van der Waals surface area contributed by atoms with Gasteiger partial charge in [-0.2, -0.15) is 0 Å². The Bertz CT molecular complexity index is 659. The number of aromatic carboxylic acids is 1. The number of hydrogen-bond donors (Lipinski definition) is 1. The highest BCUT2D eigenvalue weighted by Crippen LogP contribution is 2.24. The average Bonchev–Trinajstić information content (AvgIpc) is 2.85. The van der Waals surface area contributed by atoms with Gasteiger partial charge in [-0.25, -0.2) is 9.59 Å².